The zero-order valence-corrected chi connectivity index (χ0v) is 19.7. The Morgan fingerprint density at radius 1 is 1.03 bits per heavy atom. The molecule has 0 saturated carbocycles. The molecule has 0 saturated heterocycles. The van der Waals surface area contributed by atoms with E-state index in [-0.39, 0.29) is 24.1 Å². The van der Waals surface area contributed by atoms with Crippen molar-refractivity contribution in [1.29, 1.82) is 0 Å². The number of carbonyl (C=O) groups is 2. The summed E-state index contributed by atoms with van der Waals surface area (Å²) in [6.45, 7) is 1.89. The molecule has 0 aliphatic rings. The third-order valence-corrected chi connectivity index (χ3v) is 6.56. The molecule has 0 spiro atoms. The van der Waals surface area contributed by atoms with Crippen molar-refractivity contribution in [3.05, 3.63) is 67.6 Å². The summed E-state index contributed by atoms with van der Waals surface area (Å²) in [5, 5.41) is 4.50. The lowest BCUT2D eigenvalue weighted by Gasteiger charge is -2.28. The van der Waals surface area contributed by atoms with Crippen molar-refractivity contribution in [2.45, 2.75) is 25.3 Å². The van der Waals surface area contributed by atoms with Crippen molar-refractivity contribution in [1.82, 2.24) is 10.2 Å². The monoisotopic (exact) mass is 492 g/mol. The van der Waals surface area contributed by atoms with Gasteiger partial charge in [0.05, 0.1) is 15.8 Å². The van der Waals surface area contributed by atoms with Gasteiger partial charge in [0.15, 0.2) is 0 Å². The summed E-state index contributed by atoms with van der Waals surface area (Å²) in [4.78, 5) is 26.6. The lowest BCUT2D eigenvalue weighted by molar-refractivity contribution is -0.138. The fourth-order valence-corrected chi connectivity index (χ4v) is 4.24. The number of likely N-dealkylation sites (N-methyl/N-ethyl adjacent to an activating group) is 1. The number of amides is 2. The SMILES string of the molecule is CNC(=O)C(C)N(Cc1ccc(Cl)cc1Cl)C(=O)CSCc1ccc(Cl)c(Cl)c1. The van der Waals surface area contributed by atoms with Crippen molar-refractivity contribution in [2.75, 3.05) is 12.8 Å². The second-order valence-electron chi connectivity index (χ2n) is 6.29. The summed E-state index contributed by atoms with van der Waals surface area (Å²) in [6, 6.07) is 9.79. The van der Waals surface area contributed by atoms with Gasteiger partial charge in [0.2, 0.25) is 11.8 Å². The van der Waals surface area contributed by atoms with Crippen molar-refractivity contribution < 1.29 is 9.59 Å². The maximum atomic E-state index is 12.9. The van der Waals surface area contributed by atoms with Crippen LogP contribution in [-0.4, -0.2) is 35.6 Å². The maximum absolute atomic E-state index is 12.9. The summed E-state index contributed by atoms with van der Waals surface area (Å²) in [7, 11) is 1.54. The van der Waals surface area contributed by atoms with Crippen LogP contribution in [0, 0.1) is 0 Å². The van der Waals surface area contributed by atoms with Crippen LogP contribution >= 0.6 is 58.2 Å². The number of rotatable bonds is 8. The third kappa shape index (κ3) is 6.97. The highest BCUT2D eigenvalue weighted by molar-refractivity contribution is 7.99. The minimum absolute atomic E-state index is 0.169. The van der Waals surface area contributed by atoms with Gasteiger partial charge in [0.1, 0.15) is 6.04 Å². The average molecular weight is 494 g/mol. The Hall–Kier alpha value is -1.11. The minimum atomic E-state index is -0.648. The molecule has 0 aliphatic heterocycles. The van der Waals surface area contributed by atoms with Gasteiger partial charge in [-0.15, -0.1) is 11.8 Å². The van der Waals surface area contributed by atoms with Gasteiger partial charge in [0, 0.05) is 29.4 Å². The molecule has 2 amide bonds. The van der Waals surface area contributed by atoms with E-state index in [1.807, 2.05) is 6.07 Å². The van der Waals surface area contributed by atoms with Gasteiger partial charge in [0.25, 0.3) is 0 Å². The summed E-state index contributed by atoms with van der Waals surface area (Å²) >= 11 is 25.6. The summed E-state index contributed by atoms with van der Waals surface area (Å²) in [5.41, 5.74) is 1.68. The van der Waals surface area contributed by atoms with Crippen LogP contribution in [0.3, 0.4) is 0 Å². The Morgan fingerprint density at radius 2 is 1.76 bits per heavy atom. The van der Waals surface area contributed by atoms with Gasteiger partial charge in [-0.2, -0.15) is 0 Å². The lowest BCUT2D eigenvalue weighted by atomic mass is 10.1. The first-order valence-corrected chi connectivity index (χ1v) is 11.4. The van der Waals surface area contributed by atoms with E-state index in [0.717, 1.165) is 11.1 Å². The number of hydrogen-bond acceptors (Lipinski definition) is 3. The molecule has 0 radical (unpaired) electrons. The number of nitrogens with one attached hydrogen (secondary N) is 1. The van der Waals surface area contributed by atoms with Crippen molar-refractivity contribution >= 4 is 70.0 Å². The second kappa shape index (κ2) is 11.3. The molecule has 0 bridgehead atoms. The molecule has 0 heterocycles. The summed E-state index contributed by atoms with van der Waals surface area (Å²) in [5.74, 6) is 0.370. The van der Waals surface area contributed by atoms with Crippen LogP contribution in [0.15, 0.2) is 36.4 Å². The van der Waals surface area contributed by atoms with Crippen LogP contribution in [0.25, 0.3) is 0 Å². The van der Waals surface area contributed by atoms with Crippen LogP contribution in [-0.2, 0) is 21.9 Å². The topological polar surface area (TPSA) is 49.4 Å². The van der Waals surface area contributed by atoms with Crippen LogP contribution in [0.5, 0.6) is 0 Å². The smallest absolute Gasteiger partial charge is 0.242 e. The number of hydrogen-bond donors (Lipinski definition) is 1. The van der Waals surface area contributed by atoms with Crippen LogP contribution < -0.4 is 5.32 Å². The van der Waals surface area contributed by atoms with E-state index < -0.39 is 6.04 Å². The number of nitrogens with zero attached hydrogens (tertiary/aromatic N) is 1. The van der Waals surface area contributed by atoms with Gasteiger partial charge in [-0.1, -0.05) is 58.5 Å². The van der Waals surface area contributed by atoms with E-state index in [9.17, 15) is 9.59 Å². The standard InChI is InChI=1S/C20H20Cl4N2O2S/c1-12(20(28)25-2)26(9-14-4-5-15(21)8-17(14)23)19(27)11-29-10-13-3-6-16(22)18(24)7-13/h3-8,12H,9-11H2,1-2H3,(H,25,28). The second-order valence-corrected chi connectivity index (χ2v) is 8.93. The lowest BCUT2D eigenvalue weighted by Crippen LogP contribution is -2.47. The van der Waals surface area contributed by atoms with Gasteiger partial charge < -0.3 is 10.2 Å². The third-order valence-electron chi connectivity index (χ3n) is 4.25. The molecule has 0 aromatic heterocycles. The molecule has 2 aromatic rings. The Morgan fingerprint density at radius 3 is 2.38 bits per heavy atom. The van der Waals surface area contributed by atoms with Gasteiger partial charge in [-0.25, -0.2) is 0 Å². The zero-order chi connectivity index (χ0) is 21.6. The molecular formula is C20H20Cl4N2O2S. The molecule has 2 rings (SSSR count). The first-order valence-electron chi connectivity index (χ1n) is 8.69. The molecule has 1 atom stereocenters. The fraction of sp³-hybridized carbons (Fsp3) is 0.300. The number of halogens is 4. The first-order chi connectivity index (χ1) is 13.7. The van der Waals surface area contributed by atoms with Gasteiger partial charge >= 0.3 is 0 Å². The molecule has 156 valence electrons. The van der Waals surface area contributed by atoms with E-state index in [0.29, 0.717) is 25.8 Å². The quantitative estimate of drug-likeness (QED) is 0.513. The highest BCUT2D eigenvalue weighted by Crippen LogP contribution is 2.26. The van der Waals surface area contributed by atoms with E-state index >= 15 is 0 Å². The molecule has 0 aliphatic carbocycles. The zero-order valence-electron chi connectivity index (χ0n) is 15.8. The molecule has 1 unspecified atom stereocenters. The molecule has 1 N–H and O–H groups in total. The Kier molecular flexibility index (Phi) is 9.44. The summed E-state index contributed by atoms with van der Waals surface area (Å²) in [6.07, 6.45) is 0. The molecule has 9 heteroatoms. The fourth-order valence-electron chi connectivity index (χ4n) is 2.59. The van der Waals surface area contributed by atoms with Crippen molar-refractivity contribution in [3.63, 3.8) is 0 Å². The average Bonchev–Trinajstić information content (AvgIpc) is 2.68. The first kappa shape index (κ1) is 24.2. The van der Waals surface area contributed by atoms with Crippen molar-refractivity contribution in [3.8, 4) is 0 Å². The molecule has 4 nitrogen and oxygen atoms in total. The molecule has 29 heavy (non-hydrogen) atoms. The molecule has 2 aromatic carbocycles. The predicted molar refractivity (Wildman–Crippen MR) is 123 cm³/mol. The van der Waals surface area contributed by atoms with Crippen LogP contribution in [0.4, 0.5) is 0 Å². The number of thioether (sulfide) groups is 1. The minimum Gasteiger partial charge on any atom is -0.357 e. The highest BCUT2D eigenvalue weighted by Gasteiger charge is 2.26. The van der Waals surface area contributed by atoms with Crippen LogP contribution in [0.1, 0.15) is 18.1 Å². The maximum Gasteiger partial charge on any atom is 0.242 e. The highest BCUT2D eigenvalue weighted by atomic mass is 35.5. The van der Waals surface area contributed by atoms with E-state index in [2.05, 4.69) is 5.32 Å². The van der Waals surface area contributed by atoms with Gasteiger partial charge in [-0.05, 0) is 42.3 Å². The predicted octanol–water partition coefficient (Wildman–Crippen LogP) is 5.70. The largest absolute Gasteiger partial charge is 0.357 e. The molecule has 0 fully saturated rings. The Balaban J connectivity index is 2.09. The summed E-state index contributed by atoms with van der Waals surface area (Å²) < 4.78 is 0. The van der Waals surface area contributed by atoms with Gasteiger partial charge in [-0.3, -0.25) is 9.59 Å². The number of benzene rings is 2. The van der Waals surface area contributed by atoms with E-state index in [1.54, 1.807) is 37.3 Å². The normalized spacial score (nSPS) is 11.8. The van der Waals surface area contributed by atoms with Crippen molar-refractivity contribution in [2.24, 2.45) is 0 Å². The van der Waals surface area contributed by atoms with E-state index in [4.69, 9.17) is 46.4 Å². The Bertz CT molecular complexity index is 895. The Labute approximate surface area is 194 Å². The van der Waals surface area contributed by atoms with Crippen LogP contribution in [0.2, 0.25) is 20.1 Å². The molecular weight excluding hydrogens is 474 g/mol. The number of carbonyl (C=O) groups excluding carboxylic acids is 2. The van der Waals surface area contributed by atoms with E-state index in [1.165, 1.54) is 23.7 Å².